The Kier molecular flexibility index (Phi) is 2.90. The molecule has 0 radical (unpaired) electrons. The first-order valence-corrected chi connectivity index (χ1v) is 4.83. The highest BCUT2D eigenvalue weighted by molar-refractivity contribution is 5.52. The maximum atomic E-state index is 13.5. The molecule has 0 bridgehead atoms. The van der Waals surface area contributed by atoms with Gasteiger partial charge in [0.05, 0.1) is 4.92 Å². The van der Waals surface area contributed by atoms with Crippen molar-refractivity contribution in [2.24, 2.45) is 0 Å². The molecule has 1 aromatic rings. The molecule has 16 heavy (non-hydrogen) atoms. The number of nitro groups is 1. The number of benzene rings is 1. The van der Waals surface area contributed by atoms with Crippen molar-refractivity contribution in [2.45, 2.75) is 33.1 Å². The van der Waals surface area contributed by atoms with Crippen LogP contribution in [0.3, 0.4) is 0 Å². The minimum atomic E-state index is -0.976. The van der Waals surface area contributed by atoms with E-state index < -0.39 is 21.8 Å². The van der Waals surface area contributed by atoms with E-state index in [1.54, 1.807) is 20.8 Å². The van der Waals surface area contributed by atoms with Crippen LogP contribution in [0.5, 0.6) is 5.75 Å². The standard InChI is InChI=1S/C11H14FNO3/c1-6-9(12)8(13(15)16)5-7(10(6)14)11(2,3)4/h5,14H,1-4H3. The van der Waals surface area contributed by atoms with E-state index in [-0.39, 0.29) is 11.3 Å². The molecule has 0 aromatic heterocycles. The normalized spacial score (nSPS) is 11.6. The van der Waals surface area contributed by atoms with E-state index in [1.165, 1.54) is 6.92 Å². The lowest BCUT2D eigenvalue weighted by molar-refractivity contribution is -0.387. The Labute approximate surface area is 92.9 Å². The molecule has 0 amide bonds. The summed E-state index contributed by atoms with van der Waals surface area (Å²) in [5.74, 6) is -1.19. The summed E-state index contributed by atoms with van der Waals surface area (Å²) < 4.78 is 13.5. The molecule has 0 heterocycles. The molecule has 0 aliphatic heterocycles. The lowest BCUT2D eigenvalue weighted by Gasteiger charge is -2.21. The fourth-order valence-electron chi connectivity index (χ4n) is 1.47. The molecule has 0 aliphatic carbocycles. The third kappa shape index (κ3) is 1.98. The second-order valence-corrected chi connectivity index (χ2v) is 4.74. The lowest BCUT2D eigenvalue weighted by atomic mass is 9.85. The zero-order valence-corrected chi connectivity index (χ0v) is 9.67. The van der Waals surface area contributed by atoms with Gasteiger partial charge in [0.25, 0.3) is 0 Å². The molecule has 0 spiro atoms. The summed E-state index contributed by atoms with van der Waals surface area (Å²) in [6, 6.07) is 1.09. The highest BCUT2D eigenvalue weighted by Gasteiger charge is 2.27. The lowest BCUT2D eigenvalue weighted by Crippen LogP contribution is -2.13. The molecular formula is C11H14FNO3. The molecule has 4 nitrogen and oxygen atoms in total. The van der Waals surface area contributed by atoms with E-state index in [4.69, 9.17) is 0 Å². The first-order chi connectivity index (χ1) is 7.16. The molecule has 0 unspecified atom stereocenters. The molecule has 0 saturated carbocycles. The fraction of sp³-hybridized carbons (Fsp3) is 0.455. The fourth-order valence-corrected chi connectivity index (χ4v) is 1.47. The van der Waals surface area contributed by atoms with E-state index >= 15 is 0 Å². The summed E-state index contributed by atoms with van der Waals surface area (Å²) in [5.41, 5.74) is -0.787. The van der Waals surface area contributed by atoms with E-state index in [2.05, 4.69) is 0 Å². The van der Waals surface area contributed by atoms with Gasteiger partial charge >= 0.3 is 5.69 Å². The number of nitrogens with zero attached hydrogens (tertiary/aromatic N) is 1. The quantitative estimate of drug-likeness (QED) is 0.592. The van der Waals surface area contributed by atoms with Gasteiger partial charge in [-0.25, -0.2) is 0 Å². The van der Waals surface area contributed by atoms with Gasteiger partial charge in [0, 0.05) is 17.2 Å². The zero-order valence-electron chi connectivity index (χ0n) is 9.67. The van der Waals surface area contributed by atoms with E-state index in [0.717, 1.165) is 6.07 Å². The topological polar surface area (TPSA) is 63.4 Å². The van der Waals surface area contributed by atoms with Crippen LogP contribution in [0.25, 0.3) is 0 Å². The third-order valence-electron chi connectivity index (χ3n) is 2.45. The summed E-state index contributed by atoms with van der Waals surface area (Å²) in [5, 5.41) is 20.4. The average molecular weight is 227 g/mol. The Hall–Kier alpha value is -1.65. The summed E-state index contributed by atoms with van der Waals surface area (Å²) in [6.45, 7) is 6.71. The molecule has 1 N–H and O–H groups in total. The smallest absolute Gasteiger partial charge is 0.305 e. The molecule has 1 rings (SSSR count). The number of hydrogen-bond acceptors (Lipinski definition) is 3. The number of nitro benzene ring substituents is 1. The Balaban J connectivity index is 3.61. The number of rotatable bonds is 1. The summed E-state index contributed by atoms with van der Waals surface area (Å²) in [6.07, 6.45) is 0. The SMILES string of the molecule is Cc1c(O)c(C(C)(C)C)cc([N+](=O)[O-])c1F. The van der Waals surface area contributed by atoms with Gasteiger partial charge in [0.1, 0.15) is 5.75 Å². The van der Waals surface area contributed by atoms with Crippen LogP contribution in [0, 0.1) is 22.9 Å². The predicted molar refractivity (Wildman–Crippen MR) is 58.2 cm³/mol. The number of phenols is 1. The molecule has 0 aliphatic rings. The van der Waals surface area contributed by atoms with Gasteiger partial charge in [-0.15, -0.1) is 0 Å². The maximum Gasteiger partial charge on any atom is 0.305 e. The van der Waals surface area contributed by atoms with Gasteiger partial charge in [-0.05, 0) is 12.3 Å². The van der Waals surface area contributed by atoms with Crippen molar-refractivity contribution in [3.05, 3.63) is 33.1 Å². The molecule has 1 aromatic carbocycles. The van der Waals surface area contributed by atoms with Gasteiger partial charge in [0.2, 0.25) is 5.82 Å². The van der Waals surface area contributed by atoms with Crippen LogP contribution in [0.1, 0.15) is 31.9 Å². The van der Waals surface area contributed by atoms with Crippen LogP contribution < -0.4 is 0 Å². The number of hydrogen-bond donors (Lipinski definition) is 1. The largest absolute Gasteiger partial charge is 0.507 e. The van der Waals surface area contributed by atoms with Crippen LogP contribution in [0.4, 0.5) is 10.1 Å². The minimum Gasteiger partial charge on any atom is -0.507 e. The van der Waals surface area contributed by atoms with Crippen molar-refractivity contribution < 1.29 is 14.4 Å². The van der Waals surface area contributed by atoms with Gasteiger partial charge in [-0.3, -0.25) is 10.1 Å². The Morgan fingerprint density at radius 1 is 1.44 bits per heavy atom. The Morgan fingerprint density at radius 3 is 2.31 bits per heavy atom. The molecule has 0 saturated heterocycles. The van der Waals surface area contributed by atoms with Crippen molar-refractivity contribution in [1.29, 1.82) is 0 Å². The minimum absolute atomic E-state index is 0.0841. The molecule has 88 valence electrons. The van der Waals surface area contributed by atoms with Gasteiger partial charge < -0.3 is 5.11 Å². The molecule has 0 atom stereocenters. The first kappa shape index (κ1) is 12.4. The van der Waals surface area contributed by atoms with Crippen LogP contribution in [-0.2, 0) is 5.41 Å². The summed E-state index contributed by atoms with van der Waals surface area (Å²) in [4.78, 5) is 9.87. The zero-order chi connectivity index (χ0) is 12.7. The van der Waals surface area contributed by atoms with Crippen molar-refractivity contribution >= 4 is 5.69 Å². The highest BCUT2D eigenvalue weighted by atomic mass is 19.1. The van der Waals surface area contributed by atoms with E-state index in [1.807, 2.05) is 0 Å². The third-order valence-corrected chi connectivity index (χ3v) is 2.45. The van der Waals surface area contributed by atoms with Crippen LogP contribution in [0.2, 0.25) is 0 Å². The number of halogens is 1. The second-order valence-electron chi connectivity index (χ2n) is 4.74. The summed E-state index contributed by atoms with van der Waals surface area (Å²) in [7, 11) is 0. The van der Waals surface area contributed by atoms with Crippen molar-refractivity contribution in [3.63, 3.8) is 0 Å². The summed E-state index contributed by atoms with van der Waals surface area (Å²) >= 11 is 0. The molecule has 5 heteroatoms. The van der Waals surface area contributed by atoms with Crippen molar-refractivity contribution in [3.8, 4) is 5.75 Å². The second kappa shape index (κ2) is 3.73. The van der Waals surface area contributed by atoms with Crippen molar-refractivity contribution in [2.75, 3.05) is 0 Å². The Bertz CT molecular complexity index is 450. The Morgan fingerprint density at radius 2 is 1.94 bits per heavy atom. The van der Waals surface area contributed by atoms with Gasteiger partial charge in [-0.2, -0.15) is 4.39 Å². The van der Waals surface area contributed by atoms with Crippen molar-refractivity contribution in [1.82, 2.24) is 0 Å². The van der Waals surface area contributed by atoms with Crippen LogP contribution in [-0.4, -0.2) is 10.0 Å². The van der Waals surface area contributed by atoms with E-state index in [0.29, 0.717) is 5.56 Å². The average Bonchev–Trinajstić information content (AvgIpc) is 2.11. The maximum absolute atomic E-state index is 13.5. The van der Waals surface area contributed by atoms with E-state index in [9.17, 15) is 19.6 Å². The number of phenolic OH excluding ortho intramolecular Hbond substituents is 1. The molecule has 0 fully saturated rings. The molecular weight excluding hydrogens is 213 g/mol. The predicted octanol–water partition coefficient (Wildman–Crippen LogP) is 3.05. The van der Waals surface area contributed by atoms with Gasteiger partial charge in [-0.1, -0.05) is 20.8 Å². The monoisotopic (exact) mass is 227 g/mol. The van der Waals surface area contributed by atoms with Crippen LogP contribution >= 0.6 is 0 Å². The van der Waals surface area contributed by atoms with Crippen LogP contribution in [0.15, 0.2) is 6.07 Å². The first-order valence-electron chi connectivity index (χ1n) is 4.83. The highest BCUT2D eigenvalue weighted by Crippen LogP contribution is 2.38. The van der Waals surface area contributed by atoms with Gasteiger partial charge in [0.15, 0.2) is 0 Å². The number of aromatic hydroxyl groups is 1.